The van der Waals surface area contributed by atoms with Crippen molar-refractivity contribution in [2.75, 3.05) is 6.54 Å². The third kappa shape index (κ3) is 6.05. The third-order valence-electron chi connectivity index (χ3n) is 6.14. The van der Waals surface area contributed by atoms with Gasteiger partial charge in [0.1, 0.15) is 18.1 Å². The molecule has 0 spiro atoms. The number of nitrogens with zero attached hydrogens (tertiary/aromatic N) is 1. The fraction of sp³-hybridized carbons (Fsp3) is 0.385. The number of nitrogens with one attached hydrogen (secondary N) is 2. The van der Waals surface area contributed by atoms with E-state index in [2.05, 4.69) is 10.6 Å². The van der Waals surface area contributed by atoms with Gasteiger partial charge in [-0.25, -0.2) is 0 Å². The topological polar surface area (TPSA) is 114 Å². The zero-order chi connectivity index (χ0) is 24.8. The highest BCUT2D eigenvalue weighted by atomic mass is 16.7. The number of cyclic esters (lactones) is 1. The van der Waals surface area contributed by atoms with Gasteiger partial charge in [-0.15, -0.1) is 0 Å². The minimum atomic E-state index is -0.902. The summed E-state index contributed by atoms with van der Waals surface area (Å²) in [5, 5.41) is 5.54. The number of likely N-dealkylation sites (tertiary alicyclic amines) is 1. The highest BCUT2D eigenvalue weighted by Crippen LogP contribution is 2.22. The molecule has 35 heavy (non-hydrogen) atoms. The predicted molar refractivity (Wildman–Crippen MR) is 126 cm³/mol. The van der Waals surface area contributed by atoms with Gasteiger partial charge in [0.2, 0.25) is 18.1 Å². The number of carbonyl (C=O) groups excluding carboxylic acids is 4. The number of amides is 3. The lowest BCUT2D eigenvalue weighted by Crippen LogP contribution is -2.54. The summed E-state index contributed by atoms with van der Waals surface area (Å²) in [7, 11) is 0. The van der Waals surface area contributed by atoms with Gasteiger partial charge in [-0.1, -0.05) is 48.5 Å². The number of carbonyl (C=O) groups is 4. The van der Waals surface area contributed by atoms with Gasteiger partial charge in [0.15, 0.2) is 0 Å². The monoisotopic (exact) mass is 479 g/mol. The van der Waals surface area contributed by atoms with E-state index in [4.69, 9.17) is 9.47 Å². The van der Waals surface area contributed by atoms with Crippen LogP contribution in [0.2, 0.25) is 0 Å². The molecule has 0 saturated carbocycles. The molecule has 3 amide bonds. The summed E-state index contributed by atoms with van der Waals surface area (Å²) in [5.41, 5.74) is 1.37. The van der Waals surface area contributed by atoms with Crippen LogP contribution in [0.5, 0.6) is 0 Å². The molecule has 4 atom stereocenters. The number of esters is 1. The zero-order valence-electron chi connectivity index (χ0n) is 19.5. The molecule has 9 nitrogen and oxygen atoms in total. The quantitative estimate of drug-likeness (QED) is 0.558. The normalized spacial score (nSPS) is 22.4. The Labute approximate surface area is 203 Å². The van der Waals surface area contributed by atoms with Crippen LogP contribution in [0.1, 0.15) is 42.1 Å². The average molecular weight is 480 g/mol. The van der Waals surface area contributed by atoms with Gasteiger partial charge in [-0.3, -0.25) is 19.2 Å². The van der Waals surface area contributed by atoms with Crippen molar-refractivity contribution in [2.45, 2.75) is 57.2 Å². The van der Waals surface area contributed by atoms with E-state index in [1.807, 2.05) is 30.3 Å². The second-order valence-corrected chi connectivity index (χ2v) is 8.72. The van der Waals surface area contributed by atoms with Crippen LogP contribution < -0.4 is 10.6 Å². The maximum absolute atomic E-state index is 13.1. The molecule has 2 aliphatic rings. The van der Waals surface area contributed by atoms with Gasteiger partial charge in [0, 0.05) is 12.1 Å². The first kappa shape index (κ1) is 24.4. The smallest absolute Gasteiger partial charge is 0.310 e. The molecule has 0 aromatic heterocycles. The molecule has 2 aromatic carbocycles. The minimum Gasteiger partial charge on any atom is -0.433 e. The molecule has 2 saturated heterocycles. The first-order chi connectivity index (χ1) is 16.9. The van der Waals surface area contributed by atoms with Crippen molar-refractivity contribution in [2.24, 2.45) is 0 Å². The largest absolute Gasteiger partial charge is 0.433 e. The van der Waals surface area contributed by atoms with Crippen LogP contribution >= 0.6 is 0 Å². The zero-order valence-corrected chi connectivity index (χ0v) is 19.5. The first-order valence-corrected chi connectivity index (χ1v) is 11.7. The average Bonchev–Trinajstić information content (AvgIpc) is 3.50. The summed E-state index contributed by atoms with van der Waals surface area (Å²) >= 11 is 0. The molecule has 2 N–H and O–H groups in total. The van der Waals surface area contributed by atoms with Gasteiger partial charge in [-0.05, 0) is 37.5 Å². The summed E-state index contributed by atoms with van der Waals surface area (Å²) in [6, 6.07) is 15.9. The van der Waals surface area contributed by atoms with Crippen molar-refractivity contribution < 1.29 is 28.7 Å². The van der Waals surface area contributed by atoms with E-state index >= 15 is 0 Å². The summed E-state index contributed by atoms with van der Waals surface area (Å²) < 4.78 is 11.0. The molecular formula is C26H29N3O6. The molecule has 2 heterocycles. The van der Waals surface area contributed by atoms with Crippen LogP contribution in [0, 0.1) is 0 Å². The molecule has 0 radical (unpaired) electrons. The molecule has 1 unspecified atom stereocenters. The summed E-state index contributed by atoms with van der Waals surface area (Å²) in [6.07, 6.45) is 0.252. The Morgan fingerprint density at radius 3 is 2.49 bits per heavy atom. The maximum Gasteiger partial charge on any atom is 0.310 e. The first-order valence-electron chi connectivity index (χ1n) is 11.7. The Balaban J connectivity index is 1.34. The number of rotatable bonds is 8. The highest BCUT2D eigenvalue weighted by molar-refractivity contribution is 5.98. The van der Waals surface area contributed by atoms with E-state index in [1.54, 1.807) is 37.3 Å². The molecule has 184 valence electrons. The summed E-state index contributed by atoms with van der Waals surface area (Å²) in [4.78, 5) is 52.0. The standard InChI is InChI=1S/C26H29N3O6/c1-17(27-23(31)19-11-6-3-7-12-19)25(33)29-14-8-13-21(29)24(32)28-20-15-22(30)35-26(20)34-16-18-9-4-2-5-10-18/h2-7,9-12,17,20-21,26H,8,13-16H2,1H3,(H,27,31)(H,28,32)/t17-,20-,21-,26?/m0/s1. The van der Waals surface area contributed by atoms with E-state index < -0.39 is 30.4 Å². The predicted octanol–water partition coefficient (Wildman–Crippen LogP) is 1.77. The Kier molecular flexibility index (Phi) is 7.77. The van der Waals surface area contributed by atoms with Crippen molar-refractivity contribution in [3.8, 4) is 0 Å². The van der Waals surface area contributed by atoms with Crippen molar-refractivity contribution in [3.05, 3.63) is 71.8 Å². The van der Waals surface area contributed by atoms with Crippen molar-refractivity contribution in [3.63, 3.8) is 0 Å². The van der Waals surface area contributed by atoms with Crippen LogP contribution in [0.25, 0.3) is 0 Å². The van der Waals surface area contributed by atoms with Gasteiger partial charge >= 0.3 is 5.97 Å². The minimum absolute atomic E-state index is 0.00456. The lowest BCUT2D eigenvalue weighted by Gasteiger charge is -2.28. The molecule has 0 aliphatic carbocycles. The Bertz CT molecular complexity index is 1060. The van der Waals surface area contributed by atoms with Gasteiger partial charge in [-0.2, -0.15) is 0 Å². The fourth-order valence-corrected chi connectivity index (χ4v) is 4.32. The molecule has 2 aliphatic heterocycles. The van der Waals surface area contributed by atoms with Crippen molar-refractivity contribution >= 4 is 23.7 Å². The Hall–Kier alpha value is -3.72. The third-order valence-corrected chi connectivity index (χ3v) is 6.14. The van der Waals surface area contributed by atoms with Gasteiger partial charge in [0.05, 0.1) is 13.0 Å². The lowest BCUT2D eigenvalue weighted by atomic mass is 10.1. The number of hydrogen-bond acceptors (Lipinski definition) is 6. The lowest BCUT2D eigenvalue weighted by molar-refractivity contribution is -0.168. The molecule has 0 bridgehead atoms. The fourth-order valence-electron chi connectivity index (χ4n) is 4.32. The molecular weight excluding hydrogens is 450 g/mol. The molecule has 4 rings (SSSR count). The Morgan fingerprint density at radius 1 is 1.09 bits per heavy atom. The van der Waals surface area contributed by atoms with E-state index in [0.717, 1.165) is 5.56 Å². The van der Waals surface area contributed by atoms with Gasteiger partial charge < -0.3 is 25.0 Å². The second-order valence-electron chi connectivity index (χ2n) is 8.72. The van der Waals surface area contributed by atoms with Crippen molar-refractivity contribution in [1.29, 1.82) is 0 Å². The van der Waals surface area contributed by atoms with E-state index in [-0.39, 0.29) is 30.7 Å². The van der Waals surface area contributed by atoms with Crippen LogP contribution in [-0.2, 0) is 30.5 Å². The second kappa shape index (κ2) is 11.1. The number of ether oxygens (including phenoxy) is 2. The Morgan fingerprint density at radius 2 is 1.77 bits per heavy atom. The van der Waals surface area contributed by atoms with E-state index in [9.17, 15) is 19.2 Å². The van der Waals surface area contributed by atoms with Crippen LogP contribution in [0.3, 0.4) is 0 Å². The van der Waals surface area contributed by atoms with Crippen LogP contribution in [-0.4, -0.2) is 59.6 Å². The van der Waals surface area contributed by atoms with Crippen molar-refractivity contribution in [1.82, 2.24) is 15.5 Å². The molecule has 2 fully saturated rings. The van der Waals surface area contributed by atoms with E-state index in [1.165, 1.54) is 4.90 Å². The SMILES string of the molecule is C[C@H](NC(=O)c1ccccc1)C(=O)N1CCC[C@H]1C(=O)N[C@H]1CC(=O)OC1OCc1ccccc1. The van der Waals surface area contributed by atoms with E-state index in [0.29, 0.717) is 24.9 Å². The van der Waals surface area contributed by atoms with Gasteiger partial charge in [0.25, 0.3) is 5.91 Å². The molecule has 9 heteroatoms. The maximum atomic E-state index is 13.1. The molecule has 2 aromatic rings. The number of benzene rings is 2. The summed E-state index contributed by atoms with van der Waals surface area (Å²) in [6.45, 7) is 2.25. The summed E-state index contributed by atoms with van der Waals surface area (Å²) in [5.74, 6) is -1.51. The highest BCUT2D eigenvalue weighted by Gasteiger charge is 2.41. The van der Waals surface area contributed by atoms with Crippen LogP contribution in [0.4, 0.5) is 0 Å². The van der Waals surface area contributed by atoms with Crippen LogP contribution in [0.15, 0.2) is 60.7 Å². The number of hydrogen-bond donors (Lipinski definition) is 2.